The minimum absolute atomic E-state index is 0.118. The van der Waals surface area contributed by atoms with Crippen molar-refractivity contribution in [2.75, 3.05) is 18.9 Å². The molecule has 6 heteroatoms. The summed E-state index contributed by atoms with van der Waals surface area (Å²) in [6.45, 7) is 4.58. The Morgan fingerprint density at radius 2 is 1.90 bits per heavy atom. The van der Waals surface area contributed by atoms with Crippen LogP contribution in [-0.4, -0.2) is 35.0 Å². The molecule has 0 unspecified atom stereocenters. The fourth-order valence-electron chi connectivity index (χ4n) is 4.15. The van der Waals surface area contributed by atoms with E-state index in [1.807, 2.05) is 25.5 Å². The van der Waals surface area contributed by atoms with E-state index in [4.69, 9.17) is 0 Å². The smallest absolute Gasteiger partial charge is 0.239 e. The zero-order chi connectivity index (χ0) is 21.0. The third kappa shape index (κ3) is 4.86. The second-order valence-electron chi connectivity index (χ2n) is 8.01. The van der Waals surface area contributed by atoms with Gasteiger partial charge in [0, 0.05) is 18.3 Å². The lowest BCUT2D eigenvalue weighted by Crippen LogP contribution is -2.39. The van der Waals surface area contributed by atoms with Crippen LogP contribution in [0.5, 0.6) is 0 Å². The molecule has 1 aliphatic carbocycles. The fourth-order valence-corrected chi connectivity index (χ4v) is 4.15. The summed E-state index contributed by atoms with van der Waals surface area (Å²) >= 11 is 0. The molecule has 1 aliphatic rings. The van der Waals surface area contributed by atoms with Crippen LogP contribution in [0.15, 0.2) is 24.3 Å². The van der Waals surface area contributed by atoms with E-state index in [-0.39, 0.29) is 11.7 Å². The Morgan fingerprint density at radius 3 is 2.52 bits per heavy atom. The first-order valence-corrected chi connectivity index (χ1v) is 10.2. The summed E-state index contributed by atoms with van der Waals surface area (Å²) in [5, 5.41) is 12.6. The second-order valence-corrected chi connectivity index (χ2v) is 8.01. The number of hydrogen-bond acceptors (Lipinski definition) is 3. The molecule has 29 heavy (non-hydrogen) atoms. The number of rotatable bonds is 6. The molecule has 1 aromatic heterocycles. The first-order valence-electron chi connectivity index (χ1n) is 10.2. The Morgan fingerprint density at radius 1 is 1.24 bits per heavy atom. The number of hydrogen-bond donors (Lipinski definition) is 1. The number of carbonyl (C=O) groups is 1. The highest BCUT2D eigenvalue weighted by molar-refractivity contribution is 5.93. The summed E-state index contributed by atoms with van der Waals surface area (Å²) in [6, 6.07) is 8.96. The number of nitrogens with zero attached hydrogens (tertiary/aromatic N) is 3. The third-order valence-corrected chi connectivity index (χ3v) is 6.04. The number of likely N-dealkylation sites (N-methyl/N-ethyl adjacent to an activating group) is 1. The van der Waals surface area contributed by atoms with Crippen molar-refractivity contribution < 1.29 is 9.18 Å². The van der Waals surface area contributed by atoms with E-state index in [2.05, 4.69) is 16.3 Å². The average Bonchev–Trinajstić information content (AvgIpc) is 2.94. The first-order chi connectivity index (χ1) is 13.9. The number of nitrogens with one attached hydrogen (secondary N) is 1. The number of halogens is 1. The largest absolute Gasteiger partial charge is 0.326 e. The maximum atomic E-state index is 13.2. The molecule has 3 rings (SSSR count). The van der Waals surface area contributed by atoms with Crippen LogP contribution in [0.3, 0.4) is 0 Å². The molecule has 1 aromatic carbocycles. The van der Waals surface area contributed by atoms with E-state index in [1.165, 1.54) is 31.4 Å². The monoisotopic (exact) mass is 396 g/mol. The van der Waals surface area contributed by atoms with Crippen LogP contribution in [0.2, 0.25) is 0 Å². The van der Waals surface area contributed by atoms with Gasteiger partial charge in [0.1, 0.15) is 17.7 Å². The number of anilines is 1. The van der Waals surface area contributed by atoms with Gasteiger partial charge < -0.3 is 9.88 Å². The van der Waals surface area contributed by atoms with Crippen LogP contribution >= 0.6 is 0 Å². The summed E-state index contributed by atoms with van der Waals surface area (Å²) in [5.74, 6) is 0.118. The van der Waals surface area contributed by atoms with Crippen LogP contribution < -0.4 is 5.32 Å². The standard InChI is InChI=1S/C23H29FN4O/c1-16-17(2)28(14-18-9-11-19(24)12-10-18)23(21(16)13-25)26-22(29)15-27(3)20-7-5-4-6-8-20/h9-12,20H,4-8,14-15H2,1-3H3,(H,26,29). The van der Waals surface area contributed by atoms with E-state index < -0.39 is 0 Å². The quantitative estimate of drug-likeness (QED) is 0.789. The van der Waals surface area contributed by atoms with Crippen LogP contribution in [0, 0.1) is 31.0 Å². The second kappa shape index (κ2) is 9.23. The molecule has 1 amide bonds. The minimum atomic E-state index is -0.286. The van der Waals surface area contributed by atoms with Crippen molar-refractivity contribution in [2.45, 2.75) is 58.5 Å². The summed E-state index contributed by atoms with van der Waals surface area (Å²) in [7, 11) is 1.99. The van der Waals surface area contributed by atoms with Gasteiger partial charge in [-0.25, -0.2) is 4.39 Å². The maximum absolute atomic E-state index is 13.2. The van der Waals surface area contributed by atoms with Gasteiger partial charge in [-0.05, 0) is 57.0 Å². The van der Waals surface area contributed by atoms with Crippen molar-refractivity contribution in [3.8, 4) is 6.07 Å². The Bertz CT molecular complexity index is 904. The zero-order valence-corrected chi connectivity index (χ0v) is 17.5. The van der Waals surface area contributed by atoms with Crippen molar-refractivity contribution in [3.05, 3.63) is 52.5 Å². The van der Waals surface area contributed by atoms with E-state index >= 15 is 0 Å². The highest BCUT2D eigenvalue weighted by Gasteiger charge is 2.23. The van der Waals surface area contributed by atoms with Crippen molar-refractivity contribution in [1.29, 1.82) is 5.26 Å². The summed E-state index contributed by atoms with van der Waals surface area (Å²) < 4.78 is 15.2. The Balaban J connectivity index is 1.79. The van der Waals surface area contributed by atoms with Gasteiger partial charge in [-0.1, -0.05) is 31.4 Å². The predicted octanol–water partition coefficient (Wildman–Crippen LogP) is 4.37. The number of nitriles is 1. The fraction of sp³-hybridized carbons (Fsp3) is 0.478. The van der Waals surface area contributed by atoms with Crippen molar-refractivity contribution >= 4 is 11.7 Å². The Labute approximate surface area is 172 Å². The SMILES string of the molecule is Cc1c(C#N)c(NC(=O)CN(C)C2CCCCC2)n(Cc2ccc(F)cc2)c1C. The zero-order valence-electron chi connectivity index (χ0n) is 17.5. The molecule has 0 aliphatic heterocycles. The maximum Gasteiger partial charge on any atom is 0.239 e. The molecule has 2 aromatic rings. The van der Waals surface area contributed by atoms with Gasteiger partial charge in [-0.15, -0.1) is 0 Å². The van der Waals surface area contributed by atoms with Gasteiger partial charge >= 0.3 is 0 Å². The lowest BCUT2D eigenvalue weighted by Gasteiger charge is -2.30. The molecule has 0 radical (unpaired) electrons. The highest BCUT2D eigenvalue weighted by atomic mass is 19.1. The molecule has 154 valence electrons. The van der Waals surface area contributed by atoms with E-state index in [9.17, 15) is 14.4 Å². The highest BCUT2D eigenvalue weighted by Crippen LogP contribution is 2.28. The van der Waals surface area contributed by atoms with Crippen LogP contribution in [0.1, 0.15) is 54.5 Å². The lowest BCUT2D eigenvalue weighted by atomic mass is 9.94. The van der Waals surface area contributed by atoms with Gasteiger partial charge in [-0.2, -0.15) is 5.26 Å². The van der Waals surface area contributed by atoms with Crippen LogP contribution in [-0.2, 0) is 11.3 Å². The summed E-state index contributed by atoms with van der Waals surface area (Å²) in [6.07, 6.45) is 5.97. The molecular formula is C23H29FN4O. The number of benzene rings is 1. The Kier molecular flexibility index (Phi) is 6.71. The van der Waals surface area contributed by atoms with Gasteiger partial charge in [0.05, 0.1) is 12.1 Å². The minimum Gasteiger partial charge on any atom is -0.326 e. The van der Waals surface area contributed by atoms with E-state index in [1.54, 1.807) is 12.1 Å². The van der Waals surface area contributed by atoms with Crippen LogP contribution in [0.25, 0.3) is 0 Å². The number of amides is 1. The molecule has 0 atom stereocenters. The lowest BCUT2D eigenvalue weighted by molar-refractivity contribution is -0.117. The van der Waals surface area contributed by atoms with E-state index in [0.717, 1.165) is 29.7 Å². The van der Waals surface area contributed by atoms with Gasteiger partial charge in [0.2, 0.25) is 5.91 Å². The van der Waals surface area contributed by atoms with Gasteiger partial charge in [0.15, 0.2) is 0 Å². The third-order valence-electron chi connectivity index (χ3n) is 6.04. The first kappa shape index (κ1) is 21.1. The molecule has 1 heterocycles. The Hall–Kier alpha value is -2.65. The number of carbonyl (C=O) groups excluding carboxylic acids is 1. The molecule has 5 nitrogen and oxygen atoms in total. The van der Waals surface area contributed by atoms with E-state index in [0.29, 0.717) is 30.5 Å². The molecule has 1 fully saturated rings. The topological polar surface area (TPSA) is 61.1 Å². The molecule has 0 bridgehead atoms. The van der Waals surface area contributed by atoms with Crippen molar-refractivity contribution in [1.82, 2.24) is 9.47 Å². The van der Waals surface area contributed by atoms with Crippen molar-refractivity contribution in [3.63, 3.8) is 0 Å². The van der Waals surface area contributed by atoms with Crippen LogP contribution in [0.4, 0.5) is 10.2 Å². The van der Waals surface area contributed by atoms with Gasteiger partial charge in [0.25, 0.3) is 0 Å². The molecular weight excluding hydrogens is 367 g/mol. The molecule has 1 N–H and O–H groups in total. The average molecular weight is 397 g/mol. The molecule has 1 saturated carbocycles. The predicted molar refractivity (Wildman–Crippen MR) is 112 cm³/mol. The normalized spacial score (nSPS) is 14.8. The van der Waals surface area contributed by atoms with Crippen molar-refractivity contribution in [2.24, 2.45) is 0 Å². The summed E-state index contributed by atoms with van der Waals surface area (Å²) in [4.78, 5) is 14.9. The number of aromatic nitrogens is 1. The van der Waals surface area contributed by atoms with Gasteiger partial charge in [-0.3, -0.25) is 9.69 Å². The summed E-state index contributed by atoms with van der Waals surface area (Å²) in [5.41, 5.74) is 3.16. The molecule has 0 saturated heterocycles. The molecule has 0 spiro atoms.